The molecule has 5 bridgehead atoms. The quantitative estimate of drug-likeness (QED) is 0.382. The van der Waals surface area contributed by atoms with Gasteiger partial charge in [-0.1, -0.05) is 53.2 Å². The van der Waals surface area contributed by atoms with Crippen LogP contribution in [-0.4, -0.2) is 83.3 Å². The SMILES string of the molecule is CC[C@@H](CO)N1C(=O)[C@@H]2[C@H]3C(=O)O[C@@H](C)CNC(=O)CC/C=C\CN(c4c(C)cccc4C)C(=O)[C@@H]1[C@]21C=C(Br)[C@H]3O1. The van der Waals surface area contributed by atoms with Crippen LogP contribution in [-0.2, 0) is 28.7 Å². The zero-order valence-electron chi connectivity index (χ0n) is 24.3. The van der Waals surface area contributed by atoms with E-state index in [0.717, 1.165) is 11.1 Å². The highest BCUT2D eigenvalue weighted by atomic mass is 79.9. The van der Waals surface area contributed by atoms with Gasteiger partial charge in [0, 0.05) is 23.1 Å². The van der Waals surface area contributed by atoms with Crippen molar-refractivity contribution in [2.75, 3.05) is 24.6 Å². The second-order valence-corrected chi connectivity index (χ2v) is 12.5. The third-order valence-corrected chi connectivity index (χ3v) is 9.50. The van der Waals surface area contributed by atoms with Crippen LogP contribution in [0.3, 0.4) is 0 Å². The normalized spacial score (nSPS) is 33.3. The van der Waals surface area contributed by atoms with Gasteiger partial charge in [0.05, 0.1) is 25.1 Å². The highest BCUT2D eigenvalue weighted by molar-refractivity contribution is 9.11. The van der Waals surface area contributed by atoms with Gasteiger partial charge in [0.1, 0.15) is 29.8 Å². The van der Waals surface area contributed by atoms with E-state index in [9.17, 15) is 24.3 Å². The Labute approximate surface area is 254 Å². The number of esters is 1. The van der Waals surface area contributed by atoms with Crippen LogP contribution in [0.2, 0.25) is 0 Å². The van der Waals surface area contributed by atoms with Gasteiger partial charge in [-0.3, -0.25) is 19.2 Å². The number of fused-ring (bicyclic) bond motifs is 2. The summed E-state index contributed by atoms with van der Waals surface area (Å²) in [5.74, 6) is -3.62. The highest BCUT2D eigenvalue weighted by Gasteiger charge is 2.75. The van der Waals surface area contributed by atoms with Crippen LogP contribution < -0.4 is 10.2 Å². The van der Waals surface area contributed by atoms with E-state index in [2.05, 4.69) is 21.2 Å². The van der Waals surface area contributed by atoms with Gasteiger partial charge in [0.15, 0.2) is 0 Å². The number of aliphatic hydroxyl groups excluding tert-OH is 1. The molecule has 2 N–H and O–H groups in total. The first-order valence-corrected chi connectivity index (χ1v) is 15.3. The lowest BCUT2D eigenvalue weighted by Crippen LogP contribution is -2.58. The predicted molar refractivity (Wildman–Crippen MR) is 159 cm³/mol. The second kappa shape index (κ2) is 11.9. The number of para-hydroxylation sites is 1. The number of ether oxygens (including phenoxy) is 2. The zero-order chi connectivity index (χ0) is 30.3. The van der Waals surface area contributed by atoms with Crippen molar-refractivity contribution < 1.29 is 33.8 Å². The van der Waals surface area contributed by atoms with Crippen molar-refractivity contribution in [3.05, 3.63) is 52.0 Å². The van der Waals surface area contributed by atoms with Gasteiger partial charge in [-0.2, -0.15) is 0 Å². The average Bonchev–Trinajstić information content (AvgIpc) is 3.54. The monoisotopic (exact) mass is 643 g/mol. The standard InChI is InChI=1S/C31H38BrN3O7/c1-5-20(16-36)35-27-29(39)34(25-17(2)10-9-11-18(25)3)13-8-6-7-12-22(37)33-15-19(4)41-30(40)23-24(28(35)38)31(27)14-21(32)26(23)42-31/h6,8-11,14,19-20,23-24,26-27,36H,5,7,12-13,15-16H2,1-4H3,(H,33,37)/b8-6-/t19-,20-,23+,24-,26+,27+,31-/m0/s1. The van der Waals surface area contributed by atoms with Crippen LogP contribution in [0.25, 0.3) is 0 Å². The van der Waals surface area contributed by atoms with E-state index in [4.69, 9.17) is 9.47 Å². The number of nitrogens with one attached hydrogen (secondary N) is 1. The Kier molecular flexibility index (Phi) is 8.65. The smallest absolute Gasteiger partial charge is 0.313 e. The molecule has 226 valence electrons. The minimum absolute atomic E-state index is 0.128. The summed E-state index contributed by atoms with van der Waals surface area (Å²) in [5.41, 5.74) is 1.04. The minimum Gasteiger partial charge on any atom is -0.460 e. The number of halogens is 1. The molecule has 1 aromatic carbocycles. The number of carbonyl (C=O) groups excluding carboxylic acids is 4. The van der Waals surface area contributed by atoms with Gasteiger partial charge < -0.3 is 29.7 Å². The van der Waals surface area contributed by atoms with Crippen molar-refractivity contribution >= 4 is 45.3 Å². The van der Waals surface area contributed by atoms with E-state index in [-0.39, 0.29) is 37.9 Å². The number of carbonyl (C=O) groups is 4. The van der Waals surface area contributed by atoms with Gasteiger partial charge in [-0.15, -0.1) is 0 Å². The Morgan fingerprint density at radius 1 is 1.14 bits per heavy atom. The Morgan fingerprint density at radius 2 is 1.86 bits per heavy atom. The molecule has 11 heteroatoms. The Balaban J connectivity index is 1.68. The van der Waals surface area contributed by atoms with E-state index in [1.807, 2.05) is 51.1 Å². The summed E-state index contributed by atoms with van der Waals surface area (Å²) in [7, 11) is 0. The van der Waals surface area contributed by atoms with Crippen LogP contribution >= 0.6 is 15.9 Å². The molecule has 0 aliphatic carbocycles. The molecule has 2 fully saturated rings. The number of nitrogens with zero attached hydrogens (tertiary/aromatic N) is 2. The van der Waals surface area contributed by atoms with Crippen LogP contribution in [0.5, 0.6) is 0 Å². The van der Waals surface area contributed by atoms with Gasteiger partial charge in [0.2, 0.25) is 11.8 Å². The number of anilines is 1. The van der Waals surface area contributed by atoms with Crippen molar-refractivity contribution in [1.82, 2.24) is 10.2 Å². The Bertz CT molecular complexity index is 1320. The molecule has 0 aromatic heterocycles. The fourth-order valence-electron chi connectivity index (χ4n) is 6.86. The summed E-state index contributed by atoms with van der Waals surface area (Å²) in [6.07, 6.45) is 5.13. The number of aliphatic hydroxyl groups is 1. The van der Waals surface area contributed by atoms with E-state index in [1.54, 1.807) is 17.9 Å². The molecule has 5 rings (SSSR count). The van der Waals surface area contributed by atoms with Gasteiger partial charge >= 0.3 is 5.97 Å². The summed E-state index contributed by atoms with van der Waals surface area (Å²) >= 11 is 3.55. The third kappa shape index (κ3) is 4.99. The van der Waals surface area contributed by atoms with Crippen molar-refractivity contribution in [3.8, 4) is 0 Å². The number of allylic oxidation sites excluding steroid dienone is 1. The van der Waals surface area contributed by atoms with Crippen molar-refractivity contribution in [2.45, 2.75) is 76.9 Å². The molecule has 1 aromatic rings. The lowest BCUT2D eigenvalue weighted by Gasteiger charge is -2.39. The number of likely N-dealkylation sites (tertiary alicyclic amines) is 1. The topological polar surface area (TPSA) is 125 Å². The first-order valence-electron chi connectivity index (χ1n) is 14.5. The lowest BCUT2D eigenvalue weighted by atomic mass is 9.74. The van der Waals surface area contributed by atoms with E-state index < -0.39 is 53.6 Å². The summed E-state index contributed by atoms with van der Waals surface area (Å²) in [6, 6.07) is 3.98. The highest BCUT2D eigenvalue weighted by Crippen LogP contribution is 2.59. The van der Waals surface area contributed by atoms with E-state index in [0.29, 0.717) is 23.0 Å². The molecule has 10 nitrogen and oxygen atoms in total. The Hall–Kier alpha value is -3.02. The molecule has 2 saturated heterocycles. The molecule has 4 aliphatic heterocycles. The molecule has 4 heterocycles. The average molecular weight is 645 g/mol. The van der Waals surface area contributed by atoms with Crippen LogP contribution in [0.4, 0.5) is 5.69 Å². The van der Waals surface area contributed by atoms with Gasteiger partial charge in [0.25, 0.3) is 5.91 Å². The largest absolute Gasteiger partial charge is 0.460 e. The number of amides is 3. The van der Waals surface area contributed by atoms with Gasteiger partial charge in [-0.25, -0.2) is 0 Å². The lowest BCUT2D eigenvalue weighted by molar-refractivity contribution is -0.159. The van der Waals surface area contributed by atoms with E-state index in [1.165, 1.54) is 4.90 Å². The molecule has 4 aliphatic rings. The van der Waals surface area contributed by atoms with Crippen LogP contribution in [0.15, 0.2) is 40.9 Å². The molecule has 0 radical (unpaired) electrons. The number of aryl methyl sites for hydroxylation is 2. The van der Waals surface area contributed by atoms with Crippen molar-refractivity contribution in [1.29, 1.82) is 0 Å². The first kappa shape index (κ1) is 30.4. The number of rotatable bonds is 4. The molecule has 7 atom stereocenters. The number of hydrogen-bond acceptors (Lipinski definition) is 7. The summed E-state index contributed by atoms with van der Waals surface area (Å²) in [6.45, 7) is 7.35. The second-order valence-electron chi connectivity index (χ2n) is 11.6. The van der Waals surface area contributed by atoms with Crippen LogP contribution in [0, 0.1) is 25.7 Å². The third-order valence-electron chi connectivity index (χ3n) is 8.82. The van der Waals surface area contributed by atoms with Crippen molar-refractivity contribution in [3.63, 3.8) is 0 Å². The molecule has 42 heavy (non-hydrogen) atoms. The molecule has 3 amide bonds. The number of cyclic esters (lactones) is 1. The van der Waals surface area contributed by atoms with Gasteiger partial charge in [-0.05, 0) is 50.8 Å². The Morgan fingerprint density at radius 3 is 2.52 bits per heavy atom. The molecular weight excluding hydrogens is 606 g/mol. The van der Waals surface area contributed by atoms with Crippen molar-refractivity contribution in [2.24, 2.45) is 11.8 Å². The fraction of sp³-hybridized carbons (Fsp3) is 0.548. The number of benzene rings is 1. The summed E-state index contributed by atoms with van der Waals surface area (Å²) in [5, 5.41) is 13.2. The number of hydrogen-bond donors (Lipinski definition) is 2. The molecular formula is C31H38BrN3O7. The zero-order valence-corrected chi connectivity index (χ0v) is 25.9. The van der Waals surface area contributed by atoms with Crippen LogP contribution in [0.1, 0.15) is 44.2 Å². The maximum Gasteiger partial charge on any atom is 0.313 e. The predicted octanol–water partition coefficient (Wildman–Crippen LogP) is 2.68. The maximum atomic E-state index is 14.9. The molecule has 1 spiro atoms. The van der Waals surface area contributed by atoms with E-state index >= 15 is 0 Å². The summed E-state index contributed by atoms with van der Waals surface area (Å²) < 4.78 is 12.8. The molecule has 0 unspecified atom stereocenters. The minimum atomic E-state index is -1.44. The molecule has 0 saturated carbocycles. The first-order chi connectivity index (χ1) is 20.0. The maximum absolute atomic E-state index is 14.9. The fourth-order valence-corrected chi connectivity index (χ4v) is 7.60. The summed E-state index contributed by atoms with van der Waals surface area (Å²) in [4.78, 5) is 58.4.